The second-order valence-corrected chi connectivity index (χ2v) is 2.78. The molecule has 0 aliphatic heterocycles. The van der Waals surface area contributed by atoms with Crippen LogP contribution in [-0.2, 0) is 4.74 Å². The molecule has 0 aliphatic rings. The molecular formula is C8H15NO. The predicted octanol–water partition coefficient (Wildman–Crippen LogP) is 2.31. The van der Waals surface area contributed by atoms with E-state index >= 15 is 0 Å². The van der Waals surface area contributed by atoms with Gasteiger partial charge >= 0.3 is 6.23 Å². The summed E-state index contributed by atoms with van der Waals surface area (Å²) in [6, 6.07) is 0. The second-order valence-electron chi connectivity index (χ2n) is 2.78. The Labute approximate surface area is 63.0 Å². The van der Waals surface area contributed by atoms with Crippen LogP contribution in [0.1, 0.15) is 27.2 Å². The van der Waals surface area contributed by atoms with Crippen LogP contribution in [0.4, 0.5) is 0 Å². The first-order chi connectivity index (χ1) is 4.66. The van der Waals surface area contributed by atoms with Crippen molar-refractivity contribution in [3.8, 4) is 0 Å². The van der Waals surface area contributed by atoms with E-state index in [1.807, 2.05) is 0 Å². The fourth-order valence-corrected chi connectivity index (χ4v) is 0.512. The average molecular weight is 141 g/mol. The first kappa shape index (κ1) is 9.45. The molecule has 1 unspecified atom stereocenters. The summed E-state index contributed by atoms with van der Waals surface area (Å²) in [5, 5.41) is 0. The first-order valence-electron chi connectivity index (χ1n) is 3.65. The molecule has 0 aromatic rings. The van der Waals surface area contributed by atoms with Gasteiger partial charge in [0.15, 0.2) is 0 Å². The monoisotopic (exact) mass is 141 g/mol. The van der Waals surface area contributed by atoms with Gasteiger partial charge in [-0.1, -0.05) is 13.8 Å². The maximum Gasteiger partial charge on any atom is 0.324 e. The third-order valence-electron chi connectivity index (χ3n) is 1.24. The van der Waals surface area contributed by atoms with E-state index in [0.29, 0.717) is 12.5 Å². The zero-order valence-corrected chi connectivity index (χ0v) is 6.92. The molecule has 0 fully saturated rings. The molecule has 0 aromatic heterocycles. The second kappa shape index (κ2) is 5.25. The van der Waals surface area contributed by atoms with E-state index in [1.54, 1.807) is 6.92 Å². The molecule has 0 aromatic carbocycles. The van der Waals surface area contributed by atoms with Gasteiger partial charge in [-0.15, -0.1) is 0 Å². The summed E-state index contributed by atoms with van der Waals surface area (Å²) < 4.78 is 5.15. The van der Waals surface area contributed by atoms with Crippen molar-refractivity contribution in [2.45, 2.75) is 33.4 Å². The molecule has 0 aliphatic carbocycles. The van der Waals surface area contributed by atoms with Crippen molar-refractivity contribution in [3.63, 3.8) is 0 Å². The Bertz CT molecular complexity index is 115. The standard InChI is InChI=1S/C8H15NO/c1-7(2)5-6-10-8(3)9-4/h7-8H,5-6H2,1-3H3. The quantitative estimate of drug-likeness (QED) is 0.548. The van der Waals surface area contributed by atoms with Crippen molar-refractivity contribution < 1.29 is 4.74 Å². The third-order valence-corrected chi connectivity index (χ3v) is 1.24. The van der Waals surface area contributed by atoms with E-state index in [4.69, 9.17) is 11.3 Å². The minimum atomic E-state index is -0.265. The molecule has 0 saturated heterocycles. The highest BCUT2D eigenvalue weighted by molar-refractivity contribution is 4.60. The van der Waals surface area contributed by atoms with E-state index < -0.39 is 0 Å². The van der Waals surface area contributed by atoms with E-state index in [9.17, 15) is 0 Å². The van der Waals surface area contributed by atoms with Crippen LogP contribution in [-0.4, -0.2) is 12.8 Å². The van der Waals surface area contributed by atoms with Crippen LogP contribution in [0.5, 0.6) is 0 Å². The highest BCUT2D eigenvalue weighted by Gasteiger charge is 2.02. The predicted molar refractivity (Wildman–Crippen MR) is 41.5 cm³/mol. The van der Waals surface area contributed by atoms with Crippen molar-refractivity contribution in [1.82, 2.24) is 0 Å². The van der Waals surface area contributed by atoms with Gasteiger partial charge in [-0.3, -0.25) is 4.85 Å². The molecule has 0 heterocycles. The summed E-state index contributed by atoms with van der Waals surface area (Å²) >= 11 is 0. The zero-order valence-electron chi connectivity index (χ0n) is 6.92. The summed E-state index contributed by atoms with van der Waals surface area (Å²) in [6.45, 7) is 13.4. The van der Waals surface area contributed by atoms with Gasteiger partial charge in [0.05, 0.1) is 6.61 Å². The molecule has 10 heavy (non-hydrogen) atoms. The van der Waals surface area contributed by atoms with Crippen LogP contribution < -0.4 is 0 Å². The van der Waals surface area contributed by atoms with Crippen molar-refractivity contribution in [1.29, 1.82) is 0 Å². The molecule has 2 nitrogen and oxygen atoms in total. The van der Waals surface area contributed by atoms with Crippen molar-refractivity contribution in [2.24, 2.45) is 5.92 Å². The van der Waals surface area contributed by atoms with E-state index in [-0.39, 0.29) is 6.23 Å². The zero-order chi connectivity index (χ0) is 7.98. The molecule has 0 spiro atoms. The summed E-state index contributed by atoms with van der Waals surface area (Å²) in [4.78, 5) is 3.21. The molecule has 0 bridgehead atoms. The summed E-state index contributed by atoms with van der Waals surface area (Å²) in [5.74, 6) is 0.665. The molecule has 0 N–H and O–H groups in total. The normalized spacial score (nSPS) is 13.1. The van der Waals surface area contributed by atoms with Crippen molar-refractivity contribution in [3.05, 3.63) is 11.4 Å². The Morgan fingerprint density at radius 1 is 1.40 bits per heavy atom. The number of rotatable bonds is 4. The Hall–Kier alpha value is -0.550. The lowest BCUT2D eigenvalue weighted by Gasteiger charge is -2.04. The molecular weight excluding hydrogens is 126 g/mol. The lowest BCUT2D eigenvalue weighted by atomic mass is 10.1. The van der Waals surface area contributed by atoms with Gasteiger partial charge in [-0.25, -0.2) is 6.57 Å². The lowest BCUT2D eigenvalue weighted by molar-refractivity contribution is 0.0871. The minimum Gasteiger partial charge on any atom is -0.311 e. The largest absolute Gasteiger partial charge is 0.324 e. The fourth-order valence-electron chi connectivity index (χ4n) is 0.512. The molecule has 0 amide bonds. The Balaban J connectivity index is 3.13. The molecule has 0 saturated carbocycles. The van der Waals surface area contributed by atoms with E-state index in [0.717, 1.165) is 6.42 Å². The van der Waals surface area contributed by atoms with Gasteiger partial charge in [-0.05, 0) is 12.3 Å². The number of hydrogen-bond donors (Lipinski definition) is 0. The number of hydrogen-bond acceptors (Lipinski definition) is 1. The van der Waals surface area contributed by atoms with E-state index in [1.165, 1.54) is 0 Å². The summed E-state index contributed by atoms with van der Waals surface area (Å²) in [5.41, 5.74) is 0. The molecule has 0 radical (unpaired) electrons. The maximum absolute atomic E-state index is 6.59. The van der Waals surface area contributed by atoms with Crippen LogP contribution in [0.25, 0.3) is 4.85 Å². The first-order valence-corrected chi connectivity index (χ1v) is 3.65. The third kappa shape index (κ3) is 5.58. The van der Waals surface area contributed by atoms with Gasteiger partial charge in [0.25, 0.3) is 0 Å². The van der Waals surface area contributed by atoms with Gasteiger partial charge in [-0.2, -0.15) is 0 Å². The Morgan fingerprint density at radius 2 is 2.00 bits per heavy atom. The smallest absolute Gasteiger partial charge is 0.311 e. The summed E-state index contributed by atoms with van der Waals surface area (Å²) in [6.07, 6.45) is 0.776. The number of ether oxygens (including phenoxy) is 1. The van der Waals surface area contributed by atoms with Crippen LogP contribution in [0.2, 0.25) is 0 Å². The van der Waals surface area contributed by atoms with Gasteiger partial charge in [0.2, 0.25) is 0 Å². The molecule has 2 heteroatoms. The highest BCUT2D eigenvalue weighted by atomic mass is 16.5. The van der Waals surface area contributed by atoms with Crippen LogP contribution in [0.3, 0.4) is 0 Å². The van der Waals surface area contributed by atoms with Crippen LogP contribution in [0.15, 0.2) is 0 Å². The summed E-state index contributed by atoms with van der Waals surface area (Å²) in [7, 11) is 0. The van der Waals surface area contributed by atoms with Crippen LogP contribution in [0, 0.1) is 12.5 Å². The number of nitrogens with zero attached hydrogens (tertiary/aromatic N) is 1. The van der Waals surface area contributed by atoms with Gasteiger partial charge in [0, 0.05) is 6.92 Å². The maximum atomic E-state index is 6.59. The molecule has 1 atom stereocenters. The van der Waals surface area contributed by atoms with Crippen LogP contribution >= 0.6 is 0 Å². The van der Waals surface area contributed by atoms with Gasteiger partial charge < -0.3 is 4.74 Å². The van der Waals surface area contributed by atoms with Crippen molar-refractivity contribution in [2.75, 3.05) is 6.61 Å². The molecule has 0 rings (SSSR count). The minimum absolute atomic E-state index is 0.265. The average Bonchev–Trinajstić information content (AvgIpc) is 1.87. The topological polar surface area (TPSA) is 13.6 Å². The Kier molecular flexibility index (Phi) is 4.96. The lowest BCUT2D eigenvalue weighted by Crippen LogP contribution is -2.05. The van der Waals surface area contributed by atoms with E-state index in [2.05, 4.69) is 18.7 Å². The Morgan fingerprint density at radius 3 is 2.40 bits per heavy atom. The highest BCUT2D eigenvalue weighted by Crippen LogP contribution is 2.01. The van der Waals surface area contributed by atoms with Gasteiger partial charge in [0.1, 0.15) is 0 Å². The molecule has 58 valence electrons. The van der Waals surface area contributed by atoms with Crippen molar-refractivity contribution >= 4 is 0 Å². The fraction of sp³-hybridized carbons (Fsp3) is 0.875. The SMILES string of the molecule is [C-]#[N+]C(C)OCCC(C)C.